The van der Waals surface area contributed by atoms with Crippen LogP contribution in [0.2, 0.25) is 0 Å². The summed E-state index contributed by atoms with van der Waals surface area (Å²) >= 11 is 0. The third-order valence-corrected chi connectivity index (χ3v) is 3.25. The molecule has 1 aromatic heterocycles. The van der Waals surface area contributed by atoms with Gasteiger partial charge in [0, 0.05) is 17.7 Å². The molecule has 1 heterocycles. The van der Waals surface area contributed by atoms with E-state index in [1.54, 1.807) is 13.0 Å². The molecule has 0 saturated heterocycles. The van der Waals surface area contributed by atoms with E-state index in [1.165, 1.54) is 12.1 Å². The van der Waals surface area contributed by atoms with E-state index in [-0.39, 0.29) is 28.8 Å². The van der Waals surface area contributed by atoms with Crippen LogP contribution in [0.15, 0.2) is 23.0 Å². The molecule has 2 aromatic rings. The number of aryl methyl sites for hydroxylation is 1. The fraction of sp³-hybridized carbons (Fsp3) is 0.286. The molecule has 0 aliphatic heterocycles. The fourth-order valence-corrected chi connectivity index (χ4v) is 2.16. The number of anilines is 1. The summed E-state index contributed by atoms with van der Waals surface area (Å²) in [5.41, 5.74) is 7.13. The molecule has 0 aliphatic carbocycles. The zero-order valence-electron chi connectivity index (χ0n) is 12.0. The first-order chi connectivity index (χ1) is 9.81. The molecule has 0 fully saturated rings. The van der Waals surface area contributed by atoms with Gasteiger partial charge in [-0.15, -0.1) is 0 Å². The van der Waals surface area contributed by atoms with Gasteiger partial charge >= 0.3 is 0 Å². The number of benzene rings is 1. The van der Waals surface area contributed by atoms with Crippen molar-refractivity contribution in [3.63, 3.8) is 0 Å². The number of aromatic nitrogens is 2. The van der Waals surface area contributed by atoms with Gasteiger partial charge < -0.3 is 10.7 Å². The van der Waals surface area contributed by atoms with E-state index in [2.05, 4.69) is 9.97 Å². The third kappa shape index (κ3) is 2.76. The van der Waals surface area contributed by atoms with E-state index in [4.69, 9.17) is 5.73 Å². The van der Waals surface area contributed by atoms with Crippen molar-refractivity contribution in [2.75, 3.05) is 5.73 Å². The number of nitrogen functional groups attached to an aromatic ring is 1. The van der Waals surface area contributed by atoms with Crippen LogP contribution in [-0.4, -0.2) is 14.9 Å². The van der Waals surface area contributed by atoms with Crippen molar-refractivity contribution in [3.05, 3.63) is 49.8 Å². The molecule has 7 nitrogen and oxygen atoms in total. The molecule has 0 amide bonds. The van der Waals surface area contributed by atoms with E-state index in [9.17, 15) is 14.9 Å². The quantitative estimate of drug-likeness (QED) is 0.664. The number of nitrogens with two attached hydrogens (primary N) is 1. The highest BCUT2D eigenvalue weighted by Gasteiger charge is 2.16. The van der Waals surface area contributed by atoms with Gasteiger partial charge in [0.15, 0.2) is 0 Å². The second-order valence-corrected chi connectivity index (χ2v) is 5.12. The average Bonchev–Trinajstić information content (AvgIpc) is 2.37. The number of nitrogens with zero attached hydrogens (tertiary/aromatic N) is 2. The van der Waals surface area contributed by atoms with Crippen LogP contribution in [0.4, 0.5) is 11.5 Å². The smallest absolute Gasteiger partial charge is 0.270 e. The van der Waals surface area contributed by atoms with E-state index >= 15 is 0 Å². The highest BCUT2D eigenvalue weighted by molar-refractivity contribution is 5.65. The average molecular weight is 288 g/mol. The molecule has 0 atom stereocenters. The van der Waals surface area contributed by atoms with Gasteiger partial charge in [-0.25, -0.2) is 4.98 Å². The Balaban J connectivity index is 2.65. The number of nitro benzene ring substituents is 1. The molecular formula is C14H16N4O3. The Kier molecular flexibility index (Phi) is 3.75. The summed E-state index contributed by atoms with van der Waals surface area (Å²) in [5.74, 6) is 0.333. The number of rotatable bonds is 3. The van der Waals surface area contributed by atoms with Gasteiger partial charge in [0.2, 0.25) is 0 Å². The molecule has 0 bridgehead atoms. The summed E-state index contributed by atoms with van der Waals surface area (Å²) in [5, 5.41) is 10.9. The summed E-state index contributed by atoms with van der Waals surface area (Å²) in [6, 6.07) is 4.39. The van der Waals surface area contributed by atoms with Gasteiger partial charge in [0.25, 0.3) is 11.2 Å². The van der Waals surface area contributed by atoms with Gasteiger partial charge in [0.1, 0.15) is 11.6 Å². The third-order valence-electron chi connectivity index (χ3n) is 3.25. The van der Waals surface area contributed by atoms with Crippen LogP contribution in [-0.2, 0) is 0 Å². The van der Waals surface area contributed by atoms with Crippen molar-refractivity contribution in [3.8, 4) is 11.4 Å². The van der Waals surface area contributed by atoms with E-state index in [0.29, 0.717) is 11.1 Å². The maximum Gasteiger partial charge on any atom is 0.270 e. The fourth-order valence-electron chi connectivity index (χ4n) is 2.16. The minimum atomic E-state index is -0.493. The van der Waals surface area contributed by atoms with Crippen molar-refractivity contribution in [1.82, 2.24) is 9.97 Å². The molecule has 0 radical (unpaired) electrons. The van der Waals surface area contributed by atoms with Crippen LogP contribution >= 0.6 is 0 Å². The maximum absolute atomic E-state index is 12.1. The normalized spacial score (nSPS) is 10.9. The van der Waals surface area contributed by atoms with Crippen LogP contribution in [0.25, 0.3) is 11.4 Å². The van der Waals surface area contributed by atoms with Gasteiger partial charge in [-0.2, -0.15) is 0 Å². The highest BCUT2D eigenvalue weighted by Crippen LogP contribution is 2.26. The monoisotopic (exact) mass is 288 g/mol. The van der Waals surface area contributed by atoms with E-state index in [0.717, 1.165) is 5.56 Å². The Morgan fingerprint density at radius 1 is 1.38 bits per heavy atom. The van der Waals surface area contributed by atoms with Crippen LogP contribution in [0.3, 0.4) is 0 Å². The molecule has 110 valence electrons. The molecule has 0 aliphatic rings. The SMILES string of the molecule is Cc1ccc([N+](=O)[O-])cc1-c1nc(N)c(C(C)C)c(=O)[nH]1. The Morgan fingerprint density at radius 3 is 2.57 bits per heavy atom. The molecule has 0 spiro atoms. The van der Waals surface area contributed by atoms with Gasteiger partial charge in [-0.3, -0.25) is 14.9 Å². The minimum Gasteiger partial charge on any atom is -0.383 e. The number of hydrogen-bond acceptors (Lipinski definition) is 5. The molecule has 0 unspecified atom stereocenters. The number of aromatic amines is 1. The Labute approximate surface area is 121 Å². The lowest BCUT2D eigenvalue weighted by Gasteiger charge is -2.10. The van der Waals surface area contributed by atoms with Crippen LogP contribution in [0.1, 0.15) is 30.9 Å². The second-order valence-electron chi connectivity index (χ2n) is 5.12. The zero-order chi connectivity index (χ0) is 15.7. The summed E-state index contributed by atoms with van der Waals surface area (Å²) < 4.78 is 0. The Morgan fingerprint density at radius 2 is 2.05 bits per heavy atom. The lowest BCUT2D eigenvalue weighted by Crippen LogP contribution is -2.19. The van der Waals surface area contributed by atoms with E-state index in [1.807, 2.05) is 13.8 Å². The zero-order valence-corrected chi connectivity index (χ0v) is 12.0. The summed E-state index contributed by atoms with van der Waals surface area (Å²) in [6.07, 6.45) is 0. The van der Waals surface area contributed by atoms with Crippen molar-refractivity contribution in [2.45, 2.75) is 26.7 Å². The lowest BCUT2D eigenvalue weighted by molar-refractivity contribution is -0.384. The van der Waals surface area contributed by atoms with Gasteiger partial charge in [-0.1, -0.05) is 19.9 Å². The predicted molar refractivity (Wildman–Crippen MR) is 80.2 cm³/mol. The number of nitrogens with one attached hydrogen (secondary N) is 1. The van der Waals surface area contributed by atoms with E-state index < -0.39 is 4.92 Å². The Bertz CT molecular complexity index is 765. The van der Waals surface area contributed by atoms with Crippen LogP contribution in [0, 0.1) is 17.0 Å². The number of H-pyrrole nitrogens is 1. The largest absolute Gasteiger partial charge is 0.383 e. The van der Waals surface area contributed by atoms with Crippen LogP contribution in [0.5, 0.6) is 0 Å². The van der Waals surface area contributed by atoms with Gasteiger partial charge in [-0.05, 0) is 18.4 Å². The first-order valence-electron chi connectivity index (χ1n) is 6.46. The van der Waals surface area contributed by atoms with Gasteiger partial charge in [0.05, 0.1) is 10.5 Å². The molecule has 0 saturated carbocycles. The highest BCUT2D eigenvalue weighted by atomic mass is 16.6. The molecule has 1 aromatic carbocycles. The van der Waals surface area contributed by atoms with Crippen molar-refractivity contribution < 1.29 is 4.92 Å². The number of nitro groups is 1. The predicted octanol–water partition coefficient (Wildman–Crippen LogP) is 2.36. The first-order valence-corrected chi connectivity index (χ1v) is 6.46. The summed E-state index contributed by atoms with van der Waals surface area (Å²) in [7, 11) is 0. The number of hydrogen-bond donors (Lipinski definition) is 2. The summed E-state index contributed by atoms with van der Waals surface area (Å²) in [4.78, 5) is 29.3. The van der Waals surface area contributed by atoms with Crippen molar-refractivity contribution in [1.29, 1.82) is 0 Å². The topological polar surface area (TPSA) is 115 Å². The maximum atomic E-state index is 12.1. The molecule has 3 N–H and O–H groups in total. The minimum absolute atomic E-state index is 0.0542. The van der Waals surface area contributed by atoms with Crippen molar-refractivity contribution >= 4 is 11.5 Å². The lowest BCUT2D eigenvalue weighted by atomic mass is 10.0. The number of non-ortho nitro benzene ring substituents is 1. The Hall–Kier alpha value is -2.70. The van der Waals surface area contributed by atoms with Crippen molar-refractivity contribution in [2.24, 2.45) is 0 Å². The molecule has 21 heavy (non-hydrogen) atoms. The standard InChI is InChI=1S/C14H16N4O3/c1-7(2)11-12(15)16-13(17-14(11)19)10-6-9(18(20)21)5-4-8(10)3/h4-7H,1-3H3,(H3,15,16,17,19). The van der Waals surface area contributed by atoms with Crippen LogP contribution < -0.4 is 11.3 Å². The molecule has 7 heteroatoms. The molecule has 2 rings (SSSR count). The molecular weight excluding hydrogens is 272 g/mol. The second kappa shape index (κ2) is 5.35. The first kappa shape index (κ1) is 14.7. The summed E-state index contributed by atoms with van der Waals surface area (Å²) in [6.45, 7) is 5.48.